The number of carbonyl (C=O) groups is 2. The number of halogens is 4. The molecule has 0 fully saturated rings. The van der Waals surface area contributed by atoms with Gasteiger partial charge in [-0.15, -0.1) is 0 Å². The smallest absolute Gasteiger partial charge is 0.417 e. The fraction of sp³-hybridized carbons (Fsp3) is 0.150. The van der Waals surface area contributed by atoms with E-state index in [0.29, 0.717) is 0 Å². The number of amides is 2. The lowest BCUT2D eigenvalue weighted by atomic mass is 10.1. The van der Waals surface area contributed by atoms with Gasteiger partial charge in [0.05, 0.1) is 40.8 Å². The number of carbonyl (C=O) groups excluding carboxylic acids is 2. The van der Waals surface area contributed by atoms with Crippen molar-refractivity contribution < 1.29 is 31.9 Å². The molecule has 160 valence electrons. The number of rotatable bonds is 5. The zero-order valence-corrected chi connectivity index (χ0v) is 15.7. The minimum absolute atomic E-state index is 0.0212. The zero-order valence-electron chi connectivity index (χ0n) is 15.7. The third kappa shape index (κ3) is 4.06. The number of imide groups is 1. The van der Waals surface area contributed by atoms with E-state index in [1.165, 1.54) is 18.2 Å². The van der Waals surface area contributed by atoms with Crippen LogP contribution in [0.4, 0.5) is 17.6 Å². The molecule has 2 aliphatic heterocycles. The molecule has 31 heavy (non-hydrogen) atoms. The Morgan fingerprint density at radius 2 is 1.77 bits per heavy atom. The number of alkyl halides is 3. The number of pyridine rings is 1. The Morgan fingerprint density at radius 1 is 1.10 bits per heavy atom. The van der Waals surface area contributed by atoms with E-state index in [1.807, 2.05) is 0 Å². The molecule has 0 saturated heterocycles. The molecule has 0 spiro atoms. The maximum Gasteiger partial charge on any atom is 0.417 e. The summed E-state index contributed by atoms with van der Waals surface area (Å²) in [6.45, 7) is -0.611. The van der Waals surface area contributed by atoms with Crippen LogP contribution in [0, 0.1) is 5.82 Å². The first-order chi connectivity index (χ1) is 14.7. The molecule has 7 nitrogen and oxygen atoms in total. The second kappa shape index (κ2) is 7.74. The number of ether oxygens (including phenoxy) is 1. The average molecular weight is 434 g/mol. The van der Waals surface area contributed by atoms with E-state index in [0.717, 1.165) is 23.4 Å². The van der Waals surface area contributed by atoms with Crippen LogP contribution in [0.2, 0.25) is 0 Å². The van der Waals surface area contributed by atoms with Gasteiger partial charge >= 0.3 is 6.18 Å². The first-order valence-electron chi connectivity index (χ1n) is 8.96. The highest BCUT2D eigenvalue weighted by atomic mass is 19.4. The highest BCUT2D eigenvalue weighted by Gasteiger charge is 2.35. The Hall–Kier alpha value is -3.89. The first-order valence-corrected chi connectivity index (χ1v) is 8.96. The van der Waals surface area contributed by atoms with Crippen LogP contribution in [0.5, 0.6) is 5.75 Å². The van der Waals surface area contributed by atoms with Gasteiger partial charge in [-0.3, -0.25) is 19.5 Å². The maximum atomic E-state index is 14.1. The maximum absolute atomic E-state index is 14.1. The van der Waals surface area contributed by atoms with E-state index >= 15 is 0 Å². The SMILES string of the molecule is O=C1c2ccccc2C(=O)N1Cc1cc(OCC2=CC(C(F)(F)F)=CNN2)c(F)cn1. The van der Waals surface area contributed by atoms with Gasteiger partial charge in [0.15, 0.2) is 11.6 Å². The molecule has 0 unspecified atom stereocenters. The molecule has 0 aliphatic carbocycles. The van der Waals surface area contributed by atoms with Crippen molar-refractivity contribution in [1.82, 2.24) is 20.7 Å². The average Bonchev–Trinajstić information content (AvgIpc) is 2.99. The second-order valence-electron chi connectivity index (χ2n) is 6.67. The van der Waals surface area contributed by atoms with E-state index in [2.05, 4.69) is 15.8 Å². The summed E-state index contributed by atoms with van der Waals surface area (Å²) < 4.78 is 57.8. The molecule has 2 amide bonds. The fourth-order valence-corrected chi connectivity index (χ4v) is 3.07. The van der Waals surface area contributed by atoms with Gasteiger partial charge in [0.25, 0.3) is 11.8 Å². The Kier molecular flexibility index (Phi) is 5.09. The molecule has 2 aliphatic rings. The standard InChI is InChI=1S/C20H14F4N4O3/c21-16-8-25-12(9-28-18(29)14-3-1-2-4-15(14)19(28)30)6-17(16)31-10-13-5-11(7-26-27-13)20(22,23)24/h1-8,26-27H,9-10H2. The monoisotopic (exact) mass is 434 g/mol. The highest BCUT2D eigenvalue weighted by Crippen LogP contribution is 2.28. The Morgan fingerprint density at radius 3 is 2.42 bits per heavy atom. The van der Waals surface area contributed by atoms with Crippen LogP contribution in [0.3, 0.4) is 0 Å². The summed E-state index contributed by atoms with van der Waals surface area (Å²) in [6, 6.07) is 7.53. The summed E-state index contributed by atoms with van der Waals surface area (Å²) in [5, 5.41) is 0. The van der Waals surface area contributed by atoms with Crippen molar-refractivity contribution in [1.29, 1.82) is 0 Å². The van der Waals surface area contributed by atoms with E-state index in [1.54, 1.807) is 12.1 Å². The molecule has 0 saturated carbocycles. The number of aromatic nitrogens is 1. The molecule has 0 bridgehead atoms. The minimum atomic E-state index is -4.55. The van der Waals surface area contributed by atoms with Crippen molar-refractivity contribution in [3.8, 4) is 5.75 Å². The van der Waals surface area contributed by atoms with Crippen molar-refractivity contribution >= 4 is 11.8 Å². The van der Waals surface area contributed by atoms with E-state index in [4.69, 9.17) is 4.74 Å². The Bertz CT molecular complexity index is 1090. The lowest BCUT2D eigenvalue weighted by Crippen LogP contribution is -2.34. The summed E-state index contributed by atoms with van der Waals surface area (Å²) in [5.74, 6) is -2.12. The number of hydrazine groups is 1. The van der Waals surface area contributed by atoms with Crippen LogP contribution in [-0.2, 0) is 6.54 Å². The lowest BCUT2D eigenvalue weighted by molar-refractivity contribution is -0.0890. The predicted octanol–water partition coefficient (Wildman–Crippen LogP) is 2.83. The molecular formula is C20H14F4N4O3. The Labute approximate surface area is 173 Å². The summed E-state index contributed by atoms with van der Waals surface area (Å²) in [4.78, 5) is 29.8. The number of fused-ring (bicyclic) bond motifs is 1. The van der Waals surface area contributed by atoms with Gasteiger partial charge in [0.1, 0.15) is 6.61 Å². The van der Waals surface area contributed by atoms with Crippen LogP contribution in [0.15, 0.2) is 60.1 Å². The quantitative estimate of drug-likeness (QED) is 0.556. The number of nitrogens with zero attached hydrogens (tertiary/aromatic N) is 2. The van der Waals surface area contributed by atoms with Crippen molar-refractivity contribution in [3.63, 3.8) is 0 Å². The molecule has 0 atom stereocenters. The molecule has 1 aromatic carbocycles. The van der Waals surface area contributed by atoms with Crippen LogP contribution in [0.25, 0.3) is 0 Å². The number of hydrogen-bond donors (Lipinski definition) is 2. The van der Waals surface area contributed by atoms with Crippen LogP contribution < -0.4 is 15.6 Å². The topological polar surface area (TPSA) is 83.6 Å². The van der Waals surface area contributed by atoms with Crippen LogP contribution in [0.1, 0.15) is 26.4 Å². The largest absolute Gasteiger partial charge is 0.484 e. The molecular weight excluding hydrogens is 420 g/mol. The highest BCUT2D eigenvalue weighted by molar-refractivity contribution is 6.21. The van der Waals surface area contributed by atoms with Gasteiger partial charge in [-0.05, 0) is 18.2 Å². The second-order valence-corrected chi connectivity index (χ2v) is 6.67. The van der Waals surface area contributed by atoms with E-state index < -0.39 is 36.0 Å². The first kappa shape index (κ1) is 20.4. The van der Waals surface area contributed by atoms with E-state index in [-0.39, 0.29) is 34.8 Å². The molecule has 2 aromatic rings. The molecule has 1 aromatic heterocycles. The molecule has 2 N–H and O–H groups in total. The van der Waals surface area contributed by atoms with Gasteiger partial charge in [0.2, 0.25) is 0 Å². The van der Waals surface area contributed by atoms with Gasteiger partial charge < -0.3 is 15.6 Å². The fourth-order valence-electron chi connectivity index (χ4n) is 3.07. The van der Waals surface area contributed by atoms with Crippen molar-refractivity contribution in [2.75, 3.05) is 6.61 Å². The van der Waals surface area contributed by atoms with Crippen molar-refractivity contribution in [2.24, 2.45) is 0 Å². The van der Waals surface area contributed by atoms with Gasteiger partial charge in [-0.25, -0.2) is 4.39 Å². The Balaban J connectivity index is 1.47. The minimum Gasteiger partial charge on any atom is -0.484 e. The van der Waals surface area contributed by atoms with Crippen molar-refractivity contribution in [3.05, 3.63) is 82.7 Å². The summed E-state index contributed by atoms with van der Waals surface area (Å²) in [6.07, 6.45) is -2.13. The third-order valence-corrected chi connectivity index (χ3v) is 4.58. The van der Waals surface area contributed by atoms with Gasteiger partial charge in [-0.1, -0.05) is 12.1 Å². The number of allylic oxidation sites excluding steroid dienone is 2. The predicted molar refractivity (Wildman–Crippen MR) is 98.8 cm³/mol. The molecule has 4 rings (SSSR count). The molecule has 11 heteroatoms. The van der Waals surface area contributed by atoms with E-state index in [9.17, 15) is 27.2 Å². The summed E-state index contributed by atoms with van der Waals surface area (Å²) >= 11 is 0. The number of nitrogens with one attached hydrogen (secondary N) is 2. The van der Waals surface area contributed by atoms with Gasteiger partial charge in [-0.2, -0.15) is 13.2 Å². The summed E-state index contributed by atoms with van der Waals surface area (Å²) in [5.41, 5.74) is 4.53. The summed E-state index contributed by atoms with van der Waals surface area (Å²) in [7, 11) is 0. The normalized spacial score (nSPS) is 15.7. The van der Waals surface area contributed by atoms with Crippen LogP contribution in [-0.4, -0.2) is 34.5 Å². The zero-order chi connectivity index (χ0) is 22.2. The van der Waals surface area contributed by atoms with Crippen molar-refractivity contribution in [2.45, 2.75) is 12.7 Å². The lowest BCUT2D eigenvalue weighted by Gasteiger charge is -2.19. The van der Waals surface area contributed by atoms with Crippen LogP contribution >= 0.6 is 0 Å². The molecule has 0 radical (unpaired) electrons. The number of hydrogen-bond acceptors (Lipinski definition) is 6. The molecule has 3 heterocycles. The number of benzene rings is 1. The van der Waals surface area contributed by atoms with Gasteiger partial charge in [0, 0.05) is 12.3 Å². The third-order valence-electron chi connectivity index (χ3n) is 4.58.